The molecule has 7 heteroatoms. The van der Waals surface area contributed by atoms with Gasteiger partial charge in [-0.1, -0.05) is 0 Å². The molecule has 0 fully saturated rings. The molecule has 0 saturated heterocycles. The van der Waals surface area contributed by atoms with Crippen LogP contribution in [0, 0.1) is 13.0 Å². The van der Waals surface area contributed by atoms with Gasteiger partial charge in [-0.05, 0) is 0 Å². The van der Waals surface area contributed by atoms with Crippen LogP contribution in [0.5, 0.6) is 0 Å². The summed E-state index contributed by atoms with van der Waals surface area (Å²) in [7, 11) is 0. The molecule has 0 radical (unpaired) electrons. The first kappa shape index (κ1) is 15.7. The van der Waals surface area contributed by atoms with Gasteiger partial charge in [0.05, 0.1) is 0 Å². The van der Waals surface area contributed by atoms with Gasteiger partial charge in [0.25, 0.3) is 0 Å². The Balaban J connectivity index is 2.36. The maximum absolute atomic E-state index is 12.9. The Morgan fingerprint density at radius 3 is 1.95 bits per heavy atom. The first-order chi connectivity index (χ1) is 9.88. The topological polar surface area (TPSA) is 26.3 Å². The fourth-order valence-electron chi connectivity index (χ4n) is 1.40. The summed E-state index contributed by atoms with van der Waals surface area (Å²) >= 11 is -3.07. The third-order valence-electron chi connectivity index (χ3n) is 2.31. The van der Waals surface area contributed by atoms with Gasteiger partial charge >= 0.3 is 125 Å². The predicted octanol–water partition coefficient (Wildman–Crippen LogP) is 4.39. The van der Waals surface area contributed by atoms with Crippen LogP contribution in [0.1, 0.15) is 0 Å². The summed E-state index contributed by atoms with van der Waals surface area (Å²) in [5, 5.41) is 0. The molecule has 0 aliphatic heterocycles. The van der Waals surface area contributed by atoms with Crippen molar-refractivity contribution >= 4 is 26.2 Å². The monoisotopic (exact) mass is 412 g/mol. The first-order valence-electron chi connectivity index (χ1n) is 5.68. The van der Waals surface area contributed by atoms with Crippen LogP contribution in [0.3, 0.4) is 0 Å². The molecule has 0 aliphatic carbocycles. The number of hydrogen-bond acceptors (Lipinski definition) is 2. The van der Waals surface area contributed by atoms with Gasteiger partial charge in [0, 0.05) is 0 Å². The molecule has 0 bridgehead atoms. The van der Waals surface area contributed by atoms with E-state index in [9.17, 15) is 22.4 Å². The average Bonchev–Trinajstić information content (AvgIpc) is 2.45. The summed E-state index contributed by atoms with van der Waals surface area (Å²) in [4.78, 5) is 11.1. The summed E-state index contributed by atoms with van der Waals surface area (Å²) < 4.78 is 55.7. The summed E-state index contributed by atoms with van der Waals surface area (Å²) in [5.41, 5.74) is 0. The Morgan fingerprint density at radius 2 is 1.43 bits per heavy atom. The third-order valence-corrected chi connectivity index (χ3v) is 6.85. The molecule has 2 aromatic carbocycles. The fraction of sp³-hybridized carbons (Fsp3) is 0.0714. The van der Waals surface area contributed by atoms with E-state index in [1.165, 1.54) is 12.1 Å². The Labute approximate surface area is 125 Å². The molecule has 0 aromatic heterocycles. The van der Waals surface area contributed by atoms with E-state index in [1.54, 1.807) is 30.3 Å². The van der Waals surface area contributed by atoms with Gasteiger partial charge in [-0.2, -0.15) is 0 Å². The van der Waals surface area contributed by atoms with Crippen molar-refractivity contribution in [1.29, 1.82) is 0 Å². The van der Waals surface area contributed by atoms with E-state index < -0.39 is 38.2 Å². The van der Waals surface area contributed by atoms with Crippen molar-refractivity contribution in [3.63, 3.8) is 0 Å². The molecule has 0 aliphatic rings. The van der Waals surface area contributed by atoms with E-state index in [0.717, 1.165) is 12.1 Å². The molecule has 0 saturated carbocycles. The third kappa shape index (κ3) is 4.16. The quantitative estimate of drug-likeness (QED) is 0.552. The van der Waals surface area contributed by atoms with Gasteiger partial charge in [0.1, 0.15) is 0 Å². The second kappa shape index (κ2) is 6.42. The Hall–Kier alpha value is -1.64. The van der Waals surface area contributed by atoms with E-state index in [-0.39, 0.29) is 0 Å². The van der Waals surface area contributed by atoms with Crippen LogP contribution in [0.2, 0.25) is 0 Å². The van der Waals surface area contributed by atoms with Crippen molar-refractivity contribution in [2.24, 2.45) is 0 Å². The normalized spacial score (nSPS) is 11.9. The zero-order valence-corrected chi connectivity index (χ0v) is 12.6. The number of hydrogen-bond donors (Lipinski definition) is 0. The van der Waals surface area contributed by atoms with Crippen LogP contribution in [0.15, 0.2) is 54.6 Å². The molecule has 112 valence electrons. The van der Waals surface area contributed by atoms with Gasteiger partial charge in [-0.3, -0.25) is 0 Å². The zero-order chi connectivity index (χ0) is 15.5. The SMILES string of the molecule is O=C(OI(c1ccccc1)c1ccc(F)cc1)C(F)(F)F. The second-order valence-corrected chi connectivity index (χ2v) is 8.19. The van der Waals surface area contributed by atoms with E-state index in [1.807, 2.05) is 0 Å². The van der Waals surface area contributed by atoms with E-state index >= 15 is 0 Å². The van der Waals surface area contributed by atoms with Gasteiger partial charge in [-0.15, -0.1) is 0 Å². The Kier molecular flexibility index (Phi) is 4.81. The van der Waals surface area contributed by atoms with Crippen molar-refractivity contribution in [2.75, 3.05) is 0 Å². The van der Waals surface area contributed by atoms with Crippen LogP contribution < -0.4 is 0 Å². The minimum absolute atomic E-state index is 0.407. The first-order valence-corrected chi connectivity index (χ1v) is 8.72. The molecule has 21 heavy (non-hydrogen) atoms. The van der Waals surface area contributed by atoms with Crippen molar-refractivity contribution in [3.05, 3.63) is 67.6 Å². The average molecular weight is 412 g/mol. The number of benzene rings is 2. The molecule has 0 atom stereocenters. The minimum atomic E-state index is -5.05. The molecule has 0 N–H and O–H groups in total. The van der Waals surface area contributed by atoms with E-state index in [2.05, 4.69) is 0 Å². The van der Waals surface area contributed by atoms with Gasteiger partial charge in [0.15, 0.2) is 0 Å². The number of halogens is 5. The number of rotatable bonds is 3. The van der Waals surface area contributed by atoms with Gasteiger partial charge < -0.3 is 0 Å². The number of carbonyl (C=O) groups excluding carboxylic acids is 1. The van der Waals surface area contributed by atoms with Crippen molar-refractivity contribution in [1.82, 2.24) is 0 Å². The maximum atomic E-state index is 12.9. The molecule has 2 rings (SSSR count). The number of carbonyl (C=O) groups is 1. The predicted molar refractivity (Wildman–Crippen MR) is 76.4 cm³/mol. The van der Waals surface area contributed by atoms with Crippen LogP contribution in [-0.2, 0) is 7.86 Å². The zero-order valence-electron chi connectivity index (χ0n) is 10.4. The van der Waals surface area contributed by atoms with E-state index in [0.29, 0.717) is 7.14 Å². The van der Waals surface area contributed by atoms with Crippen LogP contribution in [-0.4, -0.2) is 12.1 Å². The van der Waals surface area contributed by atoms with Gasteiger partial charge in [-0.25, -0.2) is 0 Å². The van der Waals surface area contributed by atoms with Crippen molar-refractivity contribution in [3.8, 4) is 0 Å². The molecule has 0 unspecified atom stereocenters. The molecule has 0 heterocycles. The standard InChI is InChI=1S/C14H9F4IO2/c15-10-6-8-12(9-7-10)19(11-4-2-1-3-5-11)21-13(20)14(16,17)18/h1-9H. The molecule has 2 aromatic rings. The Morgan fingerprint density at radius 1 is 0.905 bits per heavy atom. The second-order valence-electron chi connectivity index (χ2n) is 3.84. The van der Waals surface area contributed by atoms with Crippen LogP contribution >= 0.6 is 20.2 Å². The summed E-state index contributed by atoms with van der Waals surface area (Å²) in [5.74, 6) is -2.73. The summed E-state index contributed by atoms with van der Waals surface area (Å²) in [6, 6.07) is 13.1. The van der Waals surface area contributed by atoms with Crippen LogP contribution in [0.4, 0.5) is 17.6 Å². The number of alkyl halides is 3. The summed E-state index contributed by atoms with van der Waals surface area (Å²) in [6.07, 6.45) is -5.05. The summed E-state index contributed by atoms with van der Waals surface area (Å²) in [6.45, 7) is 0. The fourth-order valence-corrected chi connectivity index (χ4v) is 5.36. The molecule has 0 spiro atoms. The van der Waals surface area contributed by atoms with Crippen molar-refractivity contribution < 1.29 is 25.4 Å². The molecular formula is C14H9F4IO2. The Bertz CT molecular complexity index is 611. The molecule has 2 nitrogen and oxygen atoms in total. The van der Waals surface area contributed by atoms with E-state index in [4.69, 9.17) is 3.07 Å². The molecule has 0 amide bonds. The molecular weight excluding hydrogens is 403 g/mol. The van der Waals surface area contributed by atoms with Gasteiger partial charge in [0.2, 0.25) is 0 Å². The van der Waals surface area contributed by atoms with Crippen LogP contribution in [0.25, 0.3) is 0 Å². The van der Waals surface area contributed by atoms with Crippen molar-refractivity contribution in [2.45, 2.75) is 6.18 Å².